The SMILES string of the molecule is CCC1OC(C(=O)Nc2ccc(-c3ccc(C45CCC(CC(=O)O)(CC4)OC5)cc3)cc2)=C(C)N1C. The Bertz CT molecular complexity index is 1160. The van der Waals surface area contributed by atoms with Crippen molar-refractivity contribution in [2.45, 2.75) is 69.6 Å². The molecule has 2 aromatic rings. The molecule has 3 aliphatic heterocycles. The zero-order valence-corrected chi connectivity index (χ0v) is 21.2. The molecule has 0 spiro atoms. The maximum absolute atomic E-state index is 12.7. The van der Waals surface area contributed by atoms with Crippen LogP contribution in [0.1, 0.15) is 57.9 Å². The summed E-state index contributed by atoms with van der Waals surface area (Å²) in [4.78, 5) is 26.0. The molecule has 2 N–H and O–H groups in total. The standard InChI is InChI=1S/C29H34N2O5/c1-4-24-31(3)19(2)26(36-24)27(34)30-23-11-7-21(8-12-23)20-5-9-22(10-6-20)28-13-15-29(16-14-28,35-18-28)17-25(32)33/h5-12,24H,4,13-18H2,1-3H3,(H,30,34)(H,32,33). The van der Waals surface area contributed by atoms with Gasteiger partial charge >= 0.3 is 5.97 Å². The average Bonchev–Trinajstić information content (AvgIpc) is 3.18. The number of aliphatic carboxylic acids is 1. The molecule has 3 heterocycles. The molecule has 2 saturated heterocycles. The van der Waals surface area contributed by atoms with Crippen molar-refractivity contribution in [2.24, 2.45) is 0 Å². The van der Waals surface area contributed by atoms with Gasteiger partial charge < -0.3 is 24.8 Å². The number of nitrogens with one attached hydrogen (secondary N) is 1. The summed E-state index contributed by atoms with van der Waals surface area (Å²) in [5, 5.41) is 12.2. The third kappa shape index (κ3) is 4.37. The Morgan fingerprint density at radius 2 is 1.64 bits per heavy atom. The molecule has 7 nitrogen and oxygen atoms in total. The maximum atomic E-state index is 12.7. The van der Waals surface area contributed by atoms with Gasteiger partial charge in [-0.25, -0.2) is 0 Å². The number of hydrogen-bond acceptors (Lipinski definition) is 5. The van der Waals surface area contributed by atoms with Crippen LogP contribution in [0.15, 0.2) is 60.0 Å². The highest BCUT2D eigenvalue weighted by molar-refractivity contribution is 6.03. The predicted molar refractivity (Wildman–Crippen MR) is 137 cm³/mol. The second-order valence-electron chi connectivity index (χ2n) is 10.4. The number of fused-ring (bicyclic) bond motifs is 3. The number of ether oxygens (including phenoxy) is 2. The van der Waals surface area contributed by atoms with Gasteiger partial charge in [-0.15, -0.1) is 0 Å². The van der Waals surface area contributed by atoms with Gasteiger partial charge in [-0.3, -0.25) is 9.59 Å². The van der Waals surface area contributed by atoms with Crippen LogP contribution in [0.2, 0.25) is 0 Å². The summed E-state index contributed by atoms with van der Waals surface area (Å²) in [5.74, 6) is -0.643. The Balaban J connectivity index is 1.24. The maximum Gasteiger partial charge on any atom is 0.306 e. The molecule has 0 radical (unpaired) electrons. The summed E-state index contributed by atoms with van der Waals surface area (Å²) in [6.45, 7) is 4.52. The number of carboxylic acids is 1. The van der Waals surface area contributed by atoms with E-state index < -0.39 is 11.6 Å². The van der Waals surface area contributed by atoms with E-state index in [0.717, 1.165) is 54.6 Å². The topological polar surface area (TPSA) is 88.1 Å². The van der Waals surface area contributed by atoms with Crippen LogP contribution in [0.25, 0.3) is 11.1 Å². The van der Waals surface area contributed by atoms with Gasteiger partial charge in [0.2, 0.25) is 5.76 Å². The van der Waals surface area contributed by atoms with Crippen LogP contribution in [0.5, 0.6) is 0 Å². The molecule has 3 fully saturated rings. The van der Waals surface area contributed by atoms with Crippen molar-refractivity contribution in [3.63, 3.8) is 0 Å². The average molecular weight is 491 g/mol. The zero-order chi connectivity index (χ0) is 25.5. The fourth-order valence-electron chi connectivity index (χ4n) is 5.84. The summed E-state index contributed by atoms with van der Waals surface area (Å²) in [7, 11) is 1.94. The second kappa shape index (κ2) is 9.28. The van der Waals surface area contributed by atoms with E-state index in [2.05, 4.69) is 29.6 Å². The third-order valence-corrected chi connectivity index (χ3v) is 8.32. The van der Waals surface area contributed by atoms with Crippen molar-refractivity contribution < 1.29 is 24.2 Å². The van der Waals surface area contributed by atoms with E-state index in [1.165, 1.54) is 5.56 Å². The van der Waals surface area contributed by atoms with E-state index in [4.69, 9.17) is 9.47 Å². The van der Waals surface area contributed by atoms with Gasteiger partial charge in [0.15, 0.2) is 6.23 Å². The lowest BCUT2D eigenvalue weighted by atomic mass is 9.62. The minimum atomic E-state index is -0.781. The molecule has 6 rings (SSSR count). The molecule has 0 aromatic heterocycles. The number of nitrogens with zero attached hydrogens (tertiary/aromatic N) is 1. The largest absolute Gasteiger partial charge is 0.481 e. The molecule has 36 heavy (non-hydrogen) atoms. The number of carbonyl (C=O) groups is 2. The first-order valence-electron chi connectivity index (χ1n) is 12.7. The number of benzene rings is 2. The minimum absolute atomic E-state index is 0.0209. The van der Waals surface area contributed by atoms with Gasteiger partial charge in [0.25, 0.3) is 5.91 Å². The van der Waals surface area contributed by atoms with Crippen molar-refractivity contribution in [2.75, 3.05) is 19.0 Å². The summed E-state index contributed by atoms with van der Waals surface area (Å²) in [6, 6.07) is 16.4. The molecule has 190 valence electrons. The summed E-state index contributed by atoms with van der Waals surface area (Å²) in [6.07, 6.45) is 4.31. The number of carboxylic acid groups (broad SMARTS) is 1. The van der Waals surface area contributed by atoms with E-state index in [1.54, 1.807) is 0 Å². The molecular weight excluding hydrogens is 456 g/mol. The van der Waals surface area contributed by atoms with E-state index in [9.17, 15) is 14.7 Å². The fourth-order valence-corrected chi connectivity index (χ4v) is 5.84. The monoisotopic (exact) mass is 490 g/mol. The molecule has 1 aliphatic carbocycles. The molecule has 7 heteroatoms. The van der Waals surface area contributed by atoms with Crippen molar-refractivity contribution in [1.29, 1.82) is 0 Å². The van der Waals surface area contributed by atoms with Crippen molar-refractivity contribution >= 4 is 17.6 Å². The molecule has 2 aromatic carbocycles. The van der Waals surface area contributed by atoms with Crippen molar-refractivity contribution in [1.82, 2.24) is 4.90 Å². The number of carbonyl (C=O) groups excluding carboxylic acids is 1. The number of amides is 1. The van der Waals surface area contributed by atoms with Gasteiger partial charge in [0.1, 0.15) is 0 Å². The Kier molecular flexibility index (Phi) is 6.29. The number of hydrogen-bond donors (Lipinski definition) is 2. The highest BCUT2D eigenvalue weighted by Gasteiger charge is 2.51. The number of rotatable bonds is 7. The van der Waals surface area contributed by atoms with E-state index in [1.807, 2.05) is 50.1 Å². The summed E-state index contributed by atoms with van der Waals surface area (Å²) < 4.78 is 11.9. The van der Waals surface area contributed by atoms with Gasteiger partial charge in [-0.05, 0) is 61.4 Å². The molecule has 1 saturated carbocycles. The lowest BCUT2D eigenvalue weighted by Gasteiger charge is -2.53. The Hall–Kier alpha value is -3.32. The first-order valence-corrected chi connectivity index (χ1v) is 12.7. The third-order valence-electron chi connectivity index (χ3n) is 8.32. The smallest absolute Gasteiger partial charge is 0.306 e. The Morgan fingerprint density at radius 1 is 1.03 bits per heavy atom. The van der Waals surface area contributed by atoms with Gasteiger partial charge in [0, 0.05) is 24.6 Å². The molecule has 1 unspecified atom stereocenters. The highest BCUT2D eigenvalue weighted by Crippen LogP contribution is 2.51. The number of anilines is 1. The van der Waals surface area contributed by atoms with Crippen LogP contribution in [0.3, 0.4) is 0 Å². The van der Waals surface area contributed by atoms with Gasteiger partial charge in [-0.2, -0.15) is 0 Å². The van der Waals surface area contributed by atoms with Crippen LogP contribution in [-0.2, 0) is 24.5 Å². The first-order chi connectivity index (χ1) is 17.2. The van der Waals surface area contributed by atoms with Crippen LogP contribution in [0, 0.1) is 0 Å². The van der Waals surface area contributed by atoms with Crippen molar-refractivity contribution in [3.05, 3.63) is 65.6 Å². The lowest BCUT2D eigenvalue weighted by molar-refractivity contribution is -0.174. The van der Waals surface area contributed by atoms with Gasteiger partial charge in [-0.1, -0.05) is 43.3 Å². The normalized spacial score (nSPS) is 27.2. The zero-order valence-electron chi connectivity index (χ0n) is 21.2. The predicted octanol–water partition coefficient (Wildman–Crippen LogP) is 5.28. The minimum Gasteiger partial charge on any atom is -0.481 e. The summed E-state index contributed by atoms with van der Waals surface area (Å²) >= 11 is 0. The fraction of sp³-hybridized carbons (Fsp3) is 0.448. The Labute approximate surface area is 212 Å². The van der Waals surface area contributed by atoms with E-state index in [-0.39, 0.29) is 24.0 Å². The van der Waals surface area contributed by atoms with Gasteiger partial charge in [0.05, 0.1) is 24.3 Å². The van der Waals surface area contributed by atoms with Crippen LogP contribution in [-0.4, -0.2) is 47.4 Å². The van der Waals surface area contributed by atoms with Crippen LogP contribution in [0.4, 0.5) is 5.69 Å². The first kappa shape index (κ1) is 24.4. The molecule has 2 bridgehead atoms. The number of allylic oxidation sites excluding steroid dienone is 1. The molecule has 1 amide bonds. The summed E-state index contributed by atoms with van der Waals surface area (Å²) in [5.41, 5.74) is 4.49. The quantitative estimate of drug-likeness (QED) is 0.549. The molecule has 4 aliphatic rings. The highest BCUT2D eigenvalue weighted by atomic mass is 16.5. The lowest BCUT2D eigenvalue weighted by Crippen LogP contribution is -2.54. The van der Waals surface area contributed by atoms with E-state index in [0.29, 0.717) is 12.4 Å². The van der Waals surface area contributed by atoms with Crippen LogP contribution < -0.4 is 5.32 Å². The second-order valence-corrected chi connectivity index (χ2v) is 10.4. The van der Waals surface area contributed by atoms with Crippen LogP contribution >= 0.6 is 0 Å². The molecular formula is C29H34N2O5. The molecule has 1 atom stereocenters. The van der Waals surface area contributed by atoms with Crippen molar-refractivity contribution in [3.8, 4) is 11.1 Å². The van der Waals surface area contributed by atoms with E-state index >= 15 is 0 Å². The Morgan fingerprint density at radius 3 is 2.14 bits per heavy atom.